The summed E-state index contributed by atoms with van der Waals surface area (Å²) in [6.45, 7) is 2.48. The van der Waals surface area contributed by atoms with E-state index in [-0.39, 0.29) is 24.5 Å². The fourth-order valence-electron chi connectivity index (χ4n) is 3.23. The first-order chi connectivity index (χ1) is 16.2. The summed E-state index contributed by atoms with van der Waals surface area (Å²) < 4.78 is 69.9. The Morgan fingerprint density at radius 1 is 1.12 bits per heavy atom. The number of benzene rings is 2. The van der Waals surface area contributed by atoms with Crippen LogP contribution in [0.1, 0.15) is 17.5 Å². The molecule has 3 N–H and O–H groups in total. The van der Waals surface area contributed by atoms with Gasteiger partial charge >= 0.3 is 0 Å². The highest BCUT2D eigenvalue weighted by atomic mass is 32.2. The number of carbonyl (C=O) groups is 1. The normalized spacial score (nSPS) is 13.4. The molecule has 1 aromatic heterocycles. The zero-order chi connectivity index (χ0) is 24.7. The maximum atomic E-state index is 14.5. The second-order valence-electron chi connectivity index (χ2n) is 7.26. The van der Waals surface area contributed by atoms with Crippen LogP contribution in [0.4, 0.5) is 24.7 Å². The lowest BCUT2D eigenvalue weighted by molar-refractivity contribution is -0.122. The van der Waals surface area contributed by atoms with Crippen molar-refractivity contribution in [1.82, 2.24) is 9.88 Å². The predicted molar refractivity (Wildman–Crippen MR) is 122 cm³/mol. The molecule has 2 heterocycles. The van der Waals surface area contributed by atoms with Crippen molar-refractivity contribution in [3.05, 3.63) is 69.8 Å². The fourth-order valence-corrected chi connectivity index (χ4v) is 4.91. The van der Waals surface area contributed by atoms with Crippen LogP contribution in [0.5, 0.6) is 0 Å². The van der Waals surface area contributed by atoms with E-state index >= 15 is 0 Å². The number of nitrogens with zero attached hydrogens (tertiary/aromatic N) is 2. The molecule has 182 valence electrons. The Bertz CT molecular complexity index is 1210. The first-order valence-electron chi connectivity index (χ1n) is 9.95. The van der Waals surface area contributed by atoms with Crippen LogP contribution in [0.3, 0.4) is 0 Å². The molecule has 0 radical (unpaired) electrons. The molecule has 4 rings (SSSR count). The predicted octanol–water partition coefficient (Wildman–Crippen LogP) is 3.88. The molecule has 1 fully saturated rings. The molecular weight excluding hydrogens is 493 g/mol. The summed E-state index contributed by atoms with van der Waals surface area (Å²) in [5, 5.41) is 11.0. The second-order valence-corrected chi connectivity index (χ2v) is 9.60. The van der Waals surface area contributed by atoms with E-state index in [1.165, 1.54) is 17.0 Å². The van der Waals surface area contributed by atoms with E-state index < -0.39 is 32.4 Å². The van der Waals surface area contributed by atoms with E-state index in [4.69, 9.17) is 9.90 Å². The van der Waals surface area contributed by atoms with Crippen LogP contribution in [-0.2, 0) is 27.9 Å². The van der Waals surface area contributed by atoms with Gasteiger partial charge in [-0.2, -0.15) is 0 Å². The maximum Gasteiger partial charge on any atom is 0.290 e. The van der Waals surface area contributed by atoms with Crippen molar-refractivity contribution in [2.45, 2.75) is 24.4 Å². The van der Waals surface area contributed by atoms with Gasteiger partial charge in [0.05, 0.1) is 5.51 Å². The minimum absolute atomic E-state index is 0.00449. The number of hydrogen-bond acceptors (Lipinski definition) is 7. The Morgan fingerprint density at radius 2 is 1.79 bits per heavy atom. The molecule has 0 spiro atoms. The van der Waals surface area contributed by atoms with Gasteiger partial charge < -0.3 is 10.4 Å². The van der Waals surface area contributed by atoms with Crippen molar-refractivity contribution in [2.24, 2.45) is 0 Å². The molecule has 0 amide bonds. The van der Waals surface area contributed by atoms with E-state index in [9.17, 15) is 21.6 Å². The van der Waals surface area contributed by atoms with Gasteiger partial charge in [0.2, 0.25) is 0 Å². The van der Waals surface area contributed by atoms with E-state index in [0.717, 1.165) is 55.1 Å². The number of rotatable bonds is 8. The summed E-state index contributed by atoms with van der Waals surface area (Å²) in [5.41, 5.74) is 2.68. The first-order valence-corrected chi connectivity index (χ1v) is 12.4. The number of carboxylic acid groups (broad SMARTS) is 1. The highest BCUT2D eigenvalue weighted by molar-refractivity contribution is 7.92. The molecule has 0 unspecified atom stereocenters. The fraction of sp³-hybridized carbons (Fsp3) is 0.238. The number of halogens is 3. The largest absolute Gasteiger partial charge is 0.483 e. The third kappa shape index (κ3) is 6.46. The molecule has 8 nitrogen and oxygen atoms in total. The summed E-state index contributed by atoms with van der Waals surface area (Å²) in [5.74, 6) is -3.00. The van der Waals surface area contributed by atoms with Crippen molar-refractivity contribution in [3.63, 3.8) is 0 Å². The number of anilines is 2. The Kier molecular flexibility index (Phi) is 8.47. The van der Waals surface area contributed by atoms with Gasteiger partial charge in [0.1, 0.15) is 17.5 Å². The third-order valence-corrected chi connectivity index (χ3v) is 6.88. The average molecular weight is 515 g/mol. The van der Waals surface area contributed by atoms with Crippen LogP contribution in [-0.4, -0.2) is 43.0 Å². The summed E-state index contributed by atoms with van der Waals surface area (Å²) >= 11 is 1.13. The van der Waals surface area contributed by atoms with Gasteiger partial charge in [-0.05, 0) is 49.3 Å². The number of aromatic nitrogens is 1. The molecule has 1 aliphatic rings. The zero-order valence-corrected chi connectivity index (χ0v) is 19.3. The van der Waals surface area contributed by atoms with Crippen molar-refractivity contribution in [3.8, 4) is 0 Å². The Hall–Kier alpha value is -3.16. The quantitative estimate of drug-likeness (QED) is 0.391. The van der Waals surface area contributed by atoms with E-state index in [0.29, 0.717) is 5.56 Å². The number of thiazole rings is 1. The van der Waals surface area contributed by atoms with Gasteiger partial charge in [-0.15, -0.1) is 11.3 Å². The van der Waals surface area contributed by atoms with E-state index in [2.05, 4.69) is 15.2 Å². The lowest BCUT2D eigenvalue weighted by Gasteiger charge is -2.30. The number of sulfonamides is 1. The van der Waals surface area contributed by atoms with Crippen molar-refractivity contribution >= 4 is 39.3 Å². The second kappa shape index (κ2) is 11.3. The van der Waals surface area contributed by atoms with Crippen LogP contribution >= 0.6 is 11.3 Å². The average Bonchev–Trinajstić information content (AvgIpc) is 3.23. The van der Waals surface area contributed by atoms with Crippen LogP contribution < -0.4 is 10.0 Å². The van der Waals surface area contributed by atoms with Crippen LogP contribution in [0.25, 0.3) is 0 Å². The number of likely N-dealkylation sites (tertiary alicyclic amines) is 1. The SMILES string of the molecule is O=CO.O=S(=O)(Nc1cscn1)c1c(F)cc(NCc2cc(CN3CCC3)ccc2F)cc1F. The van der Waals surface area contributed by atoms with Gasteiger partial charge in [-0.3, -0.25) is 14.4 Å². The molecule has 13 heteroatoms. The van der Waals surface area contributed by atoms with E-state index in [1.54, 1.807) is 12.1 Å². The molecule has 0 bridgehead atoms. The Balaban J connectivity index is 0.00000103. The molecule has 1 aliphatic heterocycles. The first kappa shape index (κ1) is 25.5. The van der Waals surface area contributed by atoms with Gasteiger partial charge in [0, 0.05) is 29.7 Å². The van der Waals surface area contributed by atoms with Crippen LogP contribution in [0.15, 0.2) is 46.1 Å². The summed E-state index contributed by atoms with van der Waals surface area (Å²) in [6, 6.07) is 6.52. The van der Waals surface area contributed by atoms with Crippen molar-refractivity contribution in [1.29, 1.82) is 0 Å². The van der Waals surface area contributed by atoms with Crippen molar-refractivity contribution in [2.75, 3.05) is 23.1 Å². The molecule has 1 saturated heterocycles. The lowest BCUT2D eigenvalue weighted by atomic mass is 10.1. The highest BCUT2D eigenvalue weighted by Crippen LogP contribution is 2.26. The minimum Gasteiger partial charge on any atom is -0.483 e. The highest BCUT2D eigenvalue weighted by Gasteiger charge is 2.26. The molecule has 2 aromatic carbocycles. The standard InChI is InChI=1S/C20H19F3N4O2S2.CH2O2/c21-16-3-2-13(10-27-4-1-5-27)6-14(16)9-24-15-7-17(22)20(18(23)8-15)31(28,29)26-19-11-30-12-25-19;2-1-3/h2-3,6-8,11-12,24,26H,1,4-5,9-10H2;1H,(H,2,3). The maximum absolute atomic E-state index is 14.5. The van der Waals surface area contributed by atoms with Crippen LogP contribution in [0, 0.1) is 17.5 Å². The summed E-state index contributed by atoms with van der Waals surface area (Å²) in [6.07, 6.45) is 1.15. The topological polar surface area (TPSA) is 112 Å². The minimum atomic E-state index is -4.50. The molecule has 3 aromatic rings. The number of hydrogen-bond donors (Lipinski definition) is 3. The lowest BCUT2D eigenvalue weighted by Crippen LogP contribution is -2.36. The van der Waals surface area contributed by atoms with Gasteiger partial charge in [0.25, 0.3) is 16.5 Å². The molecular formula is C21H21F3N4O4S2. The van der Waals surface area contributed by atoms with Gasteiger partial charge in [-0.1, -0.05) is 6.07 Å². The summed E-state index contributed by atoms with van der Waals surface area (Å²) in [7, 11) is -4.50. The molecule has 34 heavy (non-hydrogen) atoms. The number of nitrogens with one attached hydrogen (secondary N) is 2. The van der Waals surface area contributed by atoms with Gasteiger partial charge in [0.15, 0.2) is 10.7 Å². The third-order valence-electron chi connectivity index (χ3n) is 4.89. The molecule has 0 atom stereocenters. The molecule has 0 aliphatic carbocycles. The smallest absolute Gasteiger partial charge is 0.290 e. The Morgan fingerprint density at radius 3 is 2.35 bits per heavy atom. The zero-order valence-electron chi connectivity index (χ0n) is 17.7. The van der Waals surface area contributed by atoms with Gasteiger partial charge in [-0.25, -0.2) is 26.6 Å². The van der Waals surface area contributed by atoms with E-state index in [1.807, 2.05) is 4.72 Å². The van der Waals surface area contributed by atoms with Crippen molar-refractivity contribution < 1.29 is 31.5 Å². The Labute approximate surface area is 198 Å². The van der Waals surface area contributed by atoms with Crippen LogP contribution in [0.2, 0.25) is 0 Å². The molecule has 0 saturated carbocycles. The monoisotopic (exact) mass is 514 g/mol. The summed E-state index contributed by atoms with van der Waals surface area (Å²) in [4.78, 5) is 13.2.